The van der Waals surface area contributed by atoms with Crippen LogP contribution in [0.4, 0.5) is 0 Å². The van der Waals surface area contributed by atoms with Crippen molar-refractivity contribution >= 4 is 29.5 Å². The van der Waals surface area contributed by atoms with Gasteiger partial charge in [-0.3, -0.25) is 24.0 Å². The number of carbonyl (C=O) groups excluding carboxylic acids is 5. The molecule has 7 atom stereocenters. The molecule has 0 aromatic rings. The second-order valence-corrected chi connectivity index (χ2v) is 11.3. The van der Waals surface area contributed by atoms with Gasteiger partial charge in [0.1, 0.15) is 6.10 Å². The normalized spacial score (nSPS) is 39.9. The monoisotopic (exact) mass is 488 g/mol. The van der Waals surface area contributed by atoms with Crippen molar-refractivity contribution in [1.82, 2.24) is 0 Å². The summed E-state index contributed by atoms with van der Waals surface area (Å²) in [4.78, 5) is 61.7. The van der Waals surface area contributed by atoms with E-state index in [4.69, 9.17) is 14.2 Å². The van der Waals surface area contributed by atoms with E-state index in [0.29, 0.717) is 32.1 Å². The third kappa shape index (κ3) is 4.02. The number of hydrogen-bond acceptors (Lipinski definition) is 8. The molecule has 192 valence electrons. The first-order valence-electron chi connectivity index (χ1n) is 12.6. The quantitative estimate of drug-likeness (QED) is 0.427. The van der Waals surface area contributed by atoms with Crippen molar-refractivity contribution in [2.24, 2.45) is 28.6 Å². The molecule has 0 saturated heterocycles. The van der Waals surface area contributed by atoms with Gasteiger partial charge in [-0.25, -0.2) is 0 Å². The number of fused-ring (bicyclic) bond motifs is 5. The highest BCUT2D eigenvalue weighted by atomic mass is 16.6. The van der Waals surface area contributed by atoms with Crippen molar-refractivity contribution in [3.8, 4) is 0 Å². The molecule has 35 heavy (non-hydrogen) atoms. The van der Waals surface area contributed by atoms with Gasteiger partial charge >= 0.3 is 17.9 Å². The number of allylic oxidation sites excluding steroid dienone is 1. The van der Waals surface area contributed by atoms with Crippen LogP contribution in [-0.2, 0) is 38.2 Å². The molecule has 0 N–H and O–H groups in total. The lowest BCUT2D eigenvalue weighted by atomic mass is 9.45. The SMILES string of the molecule is CC(=O)OCC(=O)[C@@]1(OC(C)=O)CC[C@H]2[C@@H]3CCC4=CC(=O)CC[C@]4(C)[C@H]3[C@@H](OC(C)=O)C[C@@]21C. The predicted molar refractivity (Wildman–Crippen MR) is 124 cm³/mol. The molecule has 3 fully saturated rings. The van der Waals surface area contributed by atoms with Gasteiger partial charge in [0.25, 0.3) is 0 Å². The molecule has 3 saturated carbocycles. The minimum Gasteiger partial charge on any atom is -0.462 e. The average Bonchev–Trinajstić information content (AvgIpc) is 3.04. The van der Waals surface area contributed by atoms with Crippen molar-refractivity contribution in [2.75, 3.05) is 6.61 Å². The number of Topliss-reactive ketones (excluding diaryl/α,β-unsaturated/α-hetero) is 1. The van der Waals surface area contributed by atoms with E-state index in [2.05, 4.69) is 6.92 Å². The minimum absolute atomic E-state index is 0.00859. The van der Waals surface area contributed by atoms with E-state index in [0.717, 1.165) is 18.4 Å². The minimum atomic E-state index is -1.46. The maximum absolute atomic E-state index is 13.6. The molecule has 0 unspecified atom stereocenters. The lowest BCUT2D eigenvalue weighted by Gasteiger charge is -2.61. The molecule has 8 nitrogen and oxygen atoms in total. The van der Waals surface area contributed by atoms with Crippen LogP contribution in [0, 0.1) is 28.6 Å². The molecule has 0 bridgehead atoms. The van der Waals surface area contributed by atoms with Gasteiger partial charge in [-0.2, -0.15) is 0 Å². The molecule has 4 aliphatic rings. The molecule has 0 spiro atoms. The van der Waals surface area contributed by atoms with Crippen molar-refractivity contribution in [2.45, 2.75) is 91.3 Å². The number of ether oxygens (including phenoxy) is 3. The van der Waals surface area contributed by atoms with Crippen LogP contribution in [0.5, 0.6) is 0 Å². The van der Waals surface area contributed by atoms with Gasteiger partial charge in [-0.15, -0.1) is 0 Å². The highest BCUT2D eigenvalue weighted by Crippen LogP contribution is 2.68. The Labute approximate surface area is 206 Å². The van der Waals surface area contributed by atoms with Crippen molar-refractivity contribution in [3.63, 3.8) is 0 Å². The molecule has 0 radical (unpaired) electrons. The molecule has 0 heterocycles. The summed E-state index contributed by atoms with van der Waals surface area (Å²) in [6, 6.07) is 0. The fraction of sp³-hybridized carbons (Fsp3) is 0.741. The second-order valence-electron chi connectivity index (χ2n) is 11.3. The smallest absolute Gasteiger partial charge is 0.303 e. The maximum Gasteiger partial charge on any atom is 0.303 e. The molecule has 0 amide bonds. The lowest BCUT2D eigenvalue weighted by molar-refractivity contribution is -0.208. The molecule has 0 aromatic heterocycles. The Morgan fingerprint density at radius 3 is 2.31 bits per heavy atom. The van der Waals surface area contributed by atoms with Gasteiger partial charge in [0.05, 0.1) is 0 Å². The zero-order valence-electron chi connectivity index (χ0n) is 21.3. The fourth-order valence-corrected chi connectivity index (χ4v) is 8.17. The average molecular weight is 489 g/mol. The van der Waals surface area contributed by atoms with Crippen LogP contribution in [0.2, 0.25) is 0 Å². The third-order valence-corrected chi connectivity index (χ3v) is 9.49. The highest BCUT2D eigenvalue weighted by Gasteiger charge is 2.71. The Balaban J connectivity index is 1.79. The second kappa shape index (κ2) is 8.86. The summed E-state index contributed by atoms with van der Waals surface area (Å²) in [6.45, 7) is 7.57. The highest BCUT2D eigenvalue weighted by molar-refractivity contribution is 5.93. The molecular weight excluding hydrogens is 452 g/mol. The number of esters is 3. The summed E-state index contributed by atoms with van der Waals surface area (Å²) < 4.78 is 16.9. The zero-order chi connectivity index (χ0) is 25.8. The summed E-state index contributed by atoms with van der Waals surface area (Å²) >= 11 is 0. The van der Waals surface area contributed by atoms with E-state index in [1.165, 1.54) is 20.8 Å². The van der Waals surface area contributed by atoms with E-state index in [1.807, 2.05) is 6.92 Å². The maximum atomic E-state index is 13.6. The van der Waals surface area contributed by atoms with Crippen LogP contribution in [0.3, 0.4) is 0 Å². The van der Waals surface area contributed by atoms with Gasteiger partial charge in [0, 0.05) is 38.5 Å². The van der Waals surface area contributed by atoms with E-state index in [1.54, 1.807) is 6.08 Å². The van der Waals surface area contributed by atoms with Gasteiger partial charge < -0.3 is 14.2 Å². The lowest BCUT2D eigenvalue weighted by Crippen LogP contribution is -2.63. The van der Waals surface area contributed by atoms with Crippen molar-refractivity contribution < 1.29 is 38.2 Å². The van der Waals surface area contributed by atoms with E-state index in [9.17, 15) is 24.0 Å². The molecule has 8 heteroatoms. The summed E-state index contributed by atoms with van der Waals surface area (Å²) in [5.74, 6) is -1.64. The first-order valence-corrected chi connectivity index (χ1v) is 12.6. The third-order valence-electron chi connectivity index (χ3n) is 9.49. The number of hydrogen-bond donors (Lipinski definition) is 0. The number of rotatable bonds is 5. The number of ketones is 2. The Morgan fingerprint density at radius 1 is 0.971 bits per heavy atom. The van der Waals surface area contributed by atoms with Crippen LogP contribution < -0.4 is 0 Å². The van der Waals surface area contributed by atoms with Gasteiger partial charge in [0.2, 0.25) is 5.78 Å². The number of carbonyl (C=O) groups is 5. The molecule has 4 rings (SSSR count). The van der Waals surface area contributed by atoms with Gasteiger partial charge in [0.15, 0.2) is 18.0 Å². The molecule has 0 aliphatic heterocycles. The zero-order valence-corrected chi connectivity index (χ0v) is 21.3. The van der Waals surface area contributed by atoms with E-state index < -0.39 is 47.4 Å². The van der Waals surface area contributed by atoms with Gasteiger partial charge in [-0.05, 0) is 61.9 Å². The standard InChI is InChI=1S/C27H36O8/c1-15(28)33-14-23(32)27(35-17(3)30)11-9-21-20-7-6-18-12-19(31)8-10-25(18,4)24(20)22(34-16(2)29)13-26(21,27)5/h12,20-22,24H,6-11,13-14H2,1-5H3/t20-,21-,22-,24+,25-,26-,27-/m0/s1. The Morgan fingerprint density at radius 2 is 1.69 bits per heavy atom. The Bertz CT molecular complexity index is 997. The van der Waals surface area contributed by atoms with Crippen LogP contribution in [0.15, 0.2) is 11.6 Å². The molecular formula is C27H36O8. The molecule has 0 aromatic carbocycles. The van der Waals surface area contributed by atoms with Crippen LogP contribution >= 0.6 is 0 Å². The van der Waals surface area contributed by atoms with E-state index in [-0.39, 0.29) is 29.0 Å². The van der Waals surface area contributed by atoms with Crippen LogP contribution in [0.25, 0.3) is 0 Å². The van der Waals surface area contributed by atoms with Crippen LogP contribution in [0.1, 0.15) is 79.6 Å². The summed E-state index contributed by atoms with van der Waals surface area (Å²) in [5.41, 5.74) is -1.39. The summed E-state index contributed by atoms with van der Waals surface area (Å²) in [5, 5.41) is 0. The first kappa shape index (κ1) is 25.6. The van der Waals surface area contributed by atoms with Crippen LogP contribution in [-0.4, -0.2) is 47.8 Å². The molecule has 4 aliphatic carbocycles. The Kier molecular flexibility index (Phi) is 6.47. The summed E-state index contributed by atoms with van der Waals surface area (Å²) in [6.07, 6.45) is 5.44. The Hall–Kier alpha value is -2.51. The van der Waals surface area contributed by atoms with Gasteiger partial charge in [-0.1, -0.05) is 19.4 Å². The van der Waals surface area contributed by atoms with Crippen molar-refractivity contribution in [1.29, 1.82) is 0 Å². The predicted octanol–water partition coefficient (Wildman–Crippen LogP) is 3.49. The topological polar surface area (TPSA) is 113 Å². The largest absolute Gasteiger partial charge is 0.462 e. The first-order chi connectivity index (χ1) is 16.3. The van der Waals surface area contributed by atoms with Crippen molar-refractivity contribution in [3.05, 3.63) is 11.6 Å². The summed E-state index contributed by atoms with van der Waals surface area (Å²) in [7, 11) is 0. The van der Waals surface area contributed by atoms with E-state index >= 15 is 0 Å². The fourth-order valence-electron chi connectivity index (χ4n) is 8.17.